The van der Waals surface area contributed by atoms with Gasteiger partial charge in [-0.05, 0) is 36.7 Å². The van der Waals surface area contributed by atoms with Crippen LogP contribution in [0, 0.1) is 32.8 Å². The predicted molar refractivity (Wildman–Crippen MR) is 82.0 cm³/mol. The van der Waals surface area contributed by atoms with Crippen molar-refractivity contribution in [2.75, 3.05) is 5.32 Å². The van der Waals surface area contributed by atoms with Crippen LogP contribution >= 0.6 is 0 Å². The van der Waals surface area contributed by atoms with Crippen molar-refractivity contribution in [1.82, 2.24) is 0 Å². The highest BCUT2D eigenvalue weighted by Gasteiger charge is 2.32. The van der Waals surface area contributed by atoms with Crippen LogP contribution in [0.25, 0.3) is 0 Å². The molecule has 0 spiro atoms. The first kappa shape index (κ1) is 15.3. The maximum absolute atomic E-state index is 10.8. The van der Waals surface area contributed by atoms with Gasteiger partial charge in [0.1, 0.15) is 6.07 Å². The fourth-order valence-electron chi connectivity index (χ4n) is 3.23. The number of benzene rings is 1. The zero-order valence-electron chi connectivity index (χ0n) is 12.7. The zero-order chi connectivity index (χ0) is 15.6. The smallest absolute Gasteiger partial charge is 0.270 e. The summed E-state index contributed by atoms with van der Waals surface area (Å²) in [4.78, 5) is 10.3. The predicted octanol–water partition coefficient (Wildman–Crippen LogP) is 4.09. The van der Waals surface area contributed by atoms with Crippen LogP contribution in [0.3, 0.4) is 0 Å². The van der Waals surface area contributed by atoms with Crippen molar-refractivity contribution < 1.29 is 4.92 Å². The third-order valence-electron chi connectivity index (χ3n) is 4.37. The molecular formula is C16H21N3O2. The van der Waals surface area contributed by atoms with Gasteiger partial charge in [0.25, 0.3) is 5.69 Å². The third-order valence-corrected chi connectivity index (χ3v) is 4.37. The van der Waals surface area contributed by atoms with E-state index in [0.29, 0.717) is 28.6 Å². The Morgan fingerprint density at radius 2 is 2.19 bits per heavy atom. The van der Waals surface area contributed by atoms with Gasteiger partial charge in [0.15, 0.2) is 0 Å². The van der Waals surface area contributed by atoms with E-state index in [2.05, 4.69) is 26.1 Å². The second-order valence-electron chi connectivity index (χ2n) is 6.73. The lowest BCUT2D eigenvalue weighted by Gasteiger charge is -2.40. The first-order valence-electron chi connectivity index (χ1n) is 7.27. The molecule has 0 bridgehead atoms. The Morgan fingerprint density at radius 3 is 2.76 bits per heavy atom. The third kappa shape index (κ3) is 3.52. The van der Waals surface area contributed by atoms with E-state index in [0.717, 1.165) is 19.3 Å². The summed E-state index contributed by atoms with van der Waals surface area (Å²) < 4.78 is 0. The van der Waals surface area contributed by atoms with E-state index in [1.807, 2.05) is 6.07 Å². The van der Waals surface area contributed by atoms with E-state index in [4.69, 9.17) is 0 Å². The van der Waals surface area contributed by atoms with Crippen molar-refractivity contribution in [3.63, 3.8) is 0 Å². The van der Waals surface area contributed by atoms with E-state index in [9.17, 15) is 15.4 Å². The molecule has 1 aliphatic rings. The van der Waals surface area contributed by atoms with Gasteiger partial charge in [-0.1, -0.05) is 20.8 Å². The molecule has 1 aromatic carbocycles. The first-order valence-corrected chi connectivity index (χ1v) is 7.27. The van der Waals surface area contributed by atoms with Crippen LogP contribution in [-0.4, -0.2) is 11.0 Å². The maximum atomic E-state index is 10.8. The number of nitro benzene ring substituents is 1. The summed E-state index contributed by atoms with van der Waals surface area (Å²) in [7, 11) is 0. The molecule has 21 heavy (non-hydrogen) atoms. The summed E-state index contributed by atoms with van der Waals surface area (Å²) in [5, 5.41) is 23.4. The molecule has 1 aromatic rings. The van der Waals surface area contributed by atoms with Crippen LogP contribution in [0.15, 0.2) is 18.2 Å². The van der Waals surface area contributed by atoms with Gasteiger partial charge in [-0.3, -0.25) is 10.1 Å². The van der Waals surface area contributed by atoms with Crippen molar-refractivity contribution in [3.8, 4) is 6.07 Å². The Bertz CT molecular complexity index is 590. The number of nitriles is 1. The molecule has 0 aromatic heterocycles. The number of nitro groups is 1. The quantitative estimate of drug-likeness (QED) is 0.670. The Balaban J connectivity index is 2.17. The summed E-state index contributed by atoms with van der Waals surface area (Å²) in [6.07, 6.45) is 3.33. The summed E-state index contributed by atoms with van der Waals surface area (Å²) in [6, 6.07) is 6.78. The zero-order valence-corrected chi connectivity index (χ0v) is 12.7. The van der Waals surface area contributed by atoms with Crippen molar-refractivity contribution >= 4 is 11.4 Å². The van der Waals surface area contributed by atoms with Crippen molar-refractivity contribution in [1.29, 1.82) is 5.26 Å². The van der Waals surface area contributed by atoms with Gasteiger partial charge < -0.3 is 5.32 Å². The molecular weight excluding hydrogens is 266 g/mol. The van der Waals surface area contributed by atoms with Crippen molar-refractivity contribution in [3.05, 3.63) is 33.9 Å². The molecule has 5 nitrogen and oxygen atoms in total. The molecule has 2 atom stereocenters. The van der Waals surface area contributed by atoms with E-state index in [-0.39, 0.29) is 5.69 Å². The molecule has 2 unspecified atom stereocenters. The maximum Gasteiger partial charge on any atom is 0.270 e. The van der Waals surface area contributed by atoms with Crippen LogP contribution in [-0.2, 0) is 0 Å². The minimum absolute atomic E-state index is 0.0464. The fourth-order valence-corrected chi connectivity index (χ4v) is 3.23. The highest BCUT2D eigenvalue weighted by molar-refractivity contribution is 5.61. The monoisotopic (exact) mass is 287 g/mol. The minimum Gasteiger partial charge on any atom is -0.381 e. The van der Waals surface area contributed by atoms with E-state index >= 15 is 0 Å². The number of nitrogens with zero attached hydrogens (tertiary/aromatic N) is 2. The Morgan fingerprint density at radius 1 is 1.48 bits per heavy atom. The van der Waals surface area contributed by atoms with Crippen LogP contribution in [0.4, 0.5) is 11.4 Å². The molecule has 0 saturated heterocycles. The Kier molecular flexibility index (Phi) is 4.17. The van der Waals surface area contributed by atoms with Gasteiger partial charge >= 0.3 is 0 Å². The first-order chi connectivity index (χ1) is 9.82. The molecule has 0 heterocycles. The molecule has 5 heteroatoms. The normalized spacial score (nSPS) is 24.1. The lowest BCUT2D eigenvalue weighted by atomic mass is 9.70. The summed E-state index contributed by atoms with van der Waals surface area (Å²) in [5.74, 6) is 0.510. The molecule has 1 saturated carbocycles. The van der Waals surface area contributed by atoms with E-state index in [1.54, 1.807) is 6.07 Å². The Labute approximate surface area is 125 Å². The SMILES string of the molecule is CC1CC(C)(C)CCC1Nc1ccc([N+](=O)[O-])cc1C#N. The standard InChI is InChI=1S/C16H21N3O2/c1-11-9-16(2,3)7-6-14(11)18-15-5-4-13(19(20)21)8-12(15)10-17/h4-5,8,11,14,18H,6-7,9H2,1-3H3. The highest BCUT2D eigenvalue weighted by Crippen LogP contribution is 2.39. The number of hydrogen-bond donors (Lipinski definition) is 1. The molecule has 0 aliphatic heterocycles. The van der Waals surface area contributed by atoms with Gasteiger partial charge in [0.2, 0.25) is 0 Å². The second kappa shape index (κ2) is 5.72. The second-order valence-corrected chi connectivity index (χ2v) is 6.73. The number of hydrogen-bond acceptors (Lipinski definition) is 4. The largest absolute Gasteiger partial charge is 0.381 e. The average molecular weight is 287 g/mol. The van der Waals surface area contributed by atoms with E-state index < -0.39 is 4.92 Å². The number of nitrogens with one attached hydrogen (secondary N) is 1. The van der Waals surface area contributed by atoms with Gasteiger partial charge in [-0.25, -0.2) is 0 Å². The van der Waals surface area contributed by atoms with Gasteiger partial charge in [-0.2, -0.15) is 5.26 Å². The summed E-state index contributed by atoms with van der Waals surface area (Å²) >= 11 is 0. The average Bonchev–Trinajstić information content (AvgIpc) is 2.41. The molecule has 1 aliphatic carbocycles. The topological polar surface area (TPSA) is 79.0 Å². The highest BCUT2D eigenvalue weighted by atomic mass is 16.6. The lowest BCUT2D eigenvalue weighted by Crippen LogP contribution is -2.37. The number of rotatable bonds is 3. The summed E-state index contributed by atoms with van der Waals surface area (Å²) in [6.45, 7) is 6.79. The van der Waals surface area contributed by atoms with Crippen LogP contribution in [0.1, 0.15) is 45.6 Å². The van der Waals surface area contributed by atoms with Crippen LogP contribution in [0.2, 0.25) is 0 Å². The van der Waals surface area contributed by atoms with Gasteiger partial charge in [0.05, 0.1) is 16.2 Å². The lowest BCUT2D eigenvalue weighted by molar-refractivity contribution is -0.384. The molecule has 112 valence electrons. The Hall–Kier alpha value is -2.09. The van der Waals surface area contributed by atoms with Crippen LogP contribution < -0.4 is 5.32 Å². The molecule has 0 amide bonds. The van der Waals surface area contributed by atoms with Crippen molar-refractivity contribution in [2.24, 2.45) is 11.3 Å². The molecule has 2 rings (SSSR count). The molecule has 1 fully saturated rings. The fraction of sp³-hybridized carbons (Fsp3) is 0.562. The van der Waals surface area contributed by atoms with E-state index in [1.165, 1.54) is 12.1 Å². The number of anilines is 1. The molecule has 1 N–H and O–H groups in total. The van der Waals surface area contributed by atoms with Gasteiger partial charge in [-0.15, -0.1) is 0 Å². The van der Waals surface area contributed by atoms with Gasteiger partial charge in [0, 0.05) is 18.2 Å². The van der Waals surface area contributed by atoms with Crippen molar-refractivity contribution in [2.45, 2.75) is 46.1 Å². The minimum atomic E-state index is -0.476. The summed E-state index contributed by atoms with van der Waals surface area (Å²) in [5.41, 5.74) is 1.35. The molecule has 0 radical (unpaired) electrons. The van der Waals surface area contributed by atoms with Crippen LogP contribution in [0.5, 0.6) is 0 Å². The number of non-ortho nitro benzene ring substituents is 1.